The first-order valence-corrected chi connectivity index (χ1v) is 8.33. The van der Waals surface area contributed by atoms with Crippen LogP contribution in [-0.2, 0) is 6.54 Å². The Morgan fingerprint density at radius 1 is 1.12 bits per heavy atom. The number of hydrogen-bond donors (Lipinski definition) is 0. The number of imidazole rings is 1. The second-order valence-electron chi connectivity index (χ2n) is 6.33. The van der Waals surface area contributed by atoms with Gasteiger partial charge in [-0.2, -0.15) is 0 Å². The molecule has 0 N–H and O–H groups in total. The van der Waals surface area contributed by atoms with E-state index in [4.69, 9.17) is 0 Å². The van der Waals surface area contributed by atoms with Crippen LogP contribution in [0.4, 0.5) is 0 Å². The summed E-state index contributed by atoms with van der Waals surface area (Å²) < 4.78 is 2.21. The van der Waals surface area contributed by atoms with Crippen molar-refractivity contribution in [2.45, 2.75) is 19.4 Å². The van der Waals surface area contributed by atoms with E-state index >= 15 is 0 Å². The number of likely N-dealkylation sites (tertiary alicyclic amines) is 1. The van der Waals surface area contributed by atoms with E-state index < -0.39 is 0 Å². The first-order chi connectivity index (χ1) is 12.2. The summed E-state index contributed by atoms with van der Waals surface area (Å²) in [7, 11) is 0. The van der Waals surface area contributed by atoms with Gasteiger partial charge in [-0.1, -0.05) is 12.1 Å². The van der Waals surface area contributed by atoms with E-state index in [0.717, 1.165) is 23.6 Å². The maximum Gasteiger partial charge on any atom is 0.272 e. The van der Waals surface area contributed by atoms with E-state index in [-0.39, 0.29) is 11.8 Å². The SMILES string of the molecule is Cc1cnc(C2CN(C(=O)c3ccccn3)C2)n1Cc1cccnc1. The fourth-order valence-electron chi connectivity index (χ4n) is 3.14. The van der Waals surface area contributed by atoms with Gasteiger partial charge in [0.1, 0.15) is 11.5 Å². The van der Waals surface area contributed by atoms with Crippen LogP contribution in [0.15, 0.2) is 55.1 Å². The number of aromatic nitrogens is 4. The minimum absolute atomic E-state index is 0.0149. The van der Waals surface area contributed by atoms with Gasteiger partial charge >= 0.3 is 0 Å². The van der Waals surface area contributed by atoms with Crippen LogP contribution in [-0.4, -0.2) is 43.4 Å². The fourth-order valence-corrected chi connectivity index (χ4v) is 3.14. The number of hydrogen-bond acceptors (Lipinski definition) is 4. The van der Waals surface area contributed by atoms with Gasteiger partial charge in [0.15, 0.2) is 0 Å². The topological polar surface area (TPSA) is 63.9 Å². The summed E-state index contributed by atoms with van der Waals surface area (Å²) in [6.45, 7) is 4.17. The third-order valence-corrected chi connectivity index (χ3v) is 4.57. The molecule has 0 aromatic carbocycles. The molecule has 0 unspecified atom stereocenters. The standard InChI is InChI=1S/C19H19N5O/c1-14-9-22-18(24(14)11-15-5-4-7-20-10-15)16-12-23(13-16)19(25)17-6-2-3-8-21-17/h2-10,16H,11-13H2,1H3. The molecule has 1 aliphatic heterocycles. The highest BCUT2D eigenvalue weighted by atomic mass is 16.2. The van der Waals surface area contributed by atoms with Gasteiger partial charge in [-0.05, 0) is 30.7 Å². The van der Waals surface area contributed by atoms with E-state index in [2.05, 4.69) is 32.5 Å². The molecule has 4 heterocycles. The van der Waals surface area contributed by atoms with Crippen molar-refractivity contribution < 1.29 is 4.79 Å². The van der Waals surface area contributed by atoms with Crippen LogP contribution in [0.1, 0.15) is 33.5 Å². The Hall–Kier alpha value is -3.02. The van der Waals surface area contributed by atoms with E-state index in [0.29, 0.717) is 18.8 Å². The monoisotopic (exact) mass is 333 g/mol. The van der Waals surface area contributed by atoms with Gasteiger partial charge in [0.25, 0.3) is 5.91 Å². The van der Waals surface area contributed by atoms with Crippen LogP contribution in [0.5, 0.6) is 0 Å². The van der Waals surface area contributed by atoms with Crippen molar-refractivity contribution >= 4 is 5.91 Å². The van der Waals surface area contributed by atoms with Crippen molar-refractivity contribution in [2.24, 2.45) is 0 Å². The Kier molecular flexibility index (Phi) is 4.01. The molecule has 0 radical (unpaired) electrons. The number of carbonyl (C=O) groups excluding carboxylic acids is 1. The second kappa shape index (κ2) is 6.47. The highest BCUT2D eigenvalue weighted by Crippen LogP contribution is 2.28. The normalized spacial score (nSPS) is 14.4. The van der Waals surface area contributed by atoms with Gasteiger partial charge < -0.3 is 9.47 Å². The van der Waals surface area contributed by atoms with Crippen LogP contribution in [0, 0.1) is 6.92 Å². The van der Waals surface area contributed by atoms with Gasteiger partial charge in [-0.25, -0.2) is 4.98 Å². The molecule has 1 fully saturated rings. The number of rotatable bonds is 4. The molecule has 3 aromatic rings. The molecule has 1 amide bonds. The van der Waals surface area contributed by atoms with Crippen LogP contribution in [0.25, 0.3) is 0 Å². The maximum atomic E-state index is 12.4. The van der Waals surface area contributed by atoms with Crippen molar-refractivity contribution in [3.8, 4) is 0 Å². The zero-order valence-electron chi connectivity index (χ0n) is 14.0. The van der Waals surface area contributed by atoms with Crippen LogP contribution in [0.2, 0.25) is 0 Å². The largest absolute Gasteiger partial charge is 0.336 e. The van der Waals surface area contributed by atoms with Gasteiger partial charge in [0.05, 0.1) is 12.5 Å². The minimum atomic E-state index is -0.0149. The molecule has 0 aliphatic carbocycles. The smallest absolute Gasteiger partial charge is 0.272 e. The van der Waals surface area contributed by atoms with Crippen LogP contribution >= 0.6 is 0 Å². The summed E-state index contributed by atoms with van der Waals surface area (Å²) in [6.07, 6.45) is 7.20. The minimum Gasteiger partial charge on any atom is -0.336 e. The molecule has 3 aromatic heterocycles. The van der Waals surface area contributed by atoms with Crippen molar-refractivity contribution in [3.05, 3.63) is 77.9 Å². The summed E-state index contributed by atoms with van der Waals surface area (Å²) in [4.78, 5) is 27.1. The molecule has 1 saturated heterocycles. The molecule has 6 heteroatoms. The second-order valence-corrected chi connectivity index (χ2v) is 6.33. The van der Waals surface area contributed by atoms with Gasteiger partial charge in [0.2, 0.25) is 0 Å². The van der Waals surface area contributed by atoms with Crippen molar-refractivity contribution in [2.75, 3.05) is 13.1 Å². The molecule has 25 heavy (non-hydrogen) atoms. The highest BCUT2D eigenvalue weighted by molar-refractivity contribution is 5.92. The summed E-state index contributed by atoms with van der Waals surface area (Å²) in [5, 5.41) is 0. The third kappa shape index (κ3) is 3.03. The Morgan fingerprint density at radius 3 is 2.72 bits per heavy atom. The first kappa shape index (κ1) is 15.5. The fraction of sp³-hybridized carbons (Fsp3) is 0.263. The molecule has 0 saturated carbocycles. The Labute approximate surface area is 146 Å². The molecule has 0 spiro atoms. The Bertz CT molecular complexity index is 869. The lowest BCUT2D eigenvalue weighted by Gasteiger charge is -2.38. The molecule has 1 aliphatic rings. The predicted octanol–water partition coefficient (Wildman–Crippen LogP) is 2.27. The lowest BCUT2D eigenvalue weighted by molar-refractivity contribution is 0.0585. The molecule has 0 atom stereocenters. The lowest BCUT2D eigenvalue weighted by Crippen LogP contribution is -2.49. The van der Waals surface area contributed by atoms with Gasteiger partial charge in [-0.15, -0.1) is 0 Å². The van der Waals surface area contributed by atoms with Gasteiger partial charge in [0, 0.05) is 43.6 Å². The number of carbonyl (C=O) groups is 1. The Morgan fingerprint density at radius 2 is 2.00 bits per heavy atom. The quantitative estimate of drug-likeness (QED) is 0.735. The zero-order valence-corrected chi connectivity index (χ0v) is 14.0. The zero-order chi connectivity index (χ0) is 17.2. The maximum absolute atomic E-state index is 12.4. The molecule has 126 valence electrons. The van der Waals surface area contributed by atoms with Crippen molar-refractivity contribution in [1.29, 1.82) is 0 Å². The van der Waals surface area contributed by atoms with Gasteiger partial charge in [-0.3, -0.25) is 14.8 Å². The number of aryl methyl sites for hydroxylation is 1. The molecular formula is C19H19N5O. The third-order valence-electron chi connectivity index (χ3n) is 4.57. The lowest BCUT2D eigenvalue weighted by atomic mass is 9.98. The van der Waals surface area contributed by atoms with E-state index in [1.807, 2.05) is 35.5 Å². The average Bonchev–Trinajstić information content (AvgIpc) is 2.96. The first-order valence-electron chi connectivity index (χ1n) is 8.33. The van der Waals surface area contributed by atoms with Crippen molar-refractivity contribution in [1.82, 2.24) is 24.4 Å². The summed E-state index contributed by atoms with van der Waals surface area (Å²) in [6, 6.07) is 9.41. The van der Waals surface area contributed by atoms with E-state index in [9.17, 15) is 4.79 Å². The number of amides is 1. The van der Waals surface area contributed by atoms with Crippen LogP contribution in [0.3, 0.4) is 0 Å². The summed E-state index contributed by atoms with van der Waals surface area (Å²) in [5.74, 6) is 1.28. The molecular weight excluding hydrogens is 314 g/mol. The summed E-state index contributed by atoms with van der Waals surface area (Å²) in [5.41, 5.74) is 2.76. The highest BCUT2D eigenvalue weighted by Gasteiger charge is 2.35. The van der Waals surface area contributed by atoms with Crippen LogP contribution < -0.4 is 0 Å². The average molecular weight is 333 g/mol. The number of pyridine rings is 2. The predicted molar refractivity (Wildman–Crippen MR) is 93.2 cm³/mol. The van der Waals surface area contributed by atoms with E-state index in [1.54, 1.807) is 18.5 Å². The molecule has 4 rings (SSSR count). The van der Waals surface area contributed by atoms with E-state index in [1.165, 1.54) is 0 Å². The molecule has 6 nitrogen and oxygen atoms in total. The molecule has 0 bridgehead atoms. The summed E-state index contributed by atoms with van der Waals surface area (Å²) >= 11 is 0. The van der Waals surface area contributed by atoms with Crippen molar-refractivity contribution in [3.63, 3.8) is 0 Å². The number of nitrogens with zero attached hydrogens (tertiary/aromatic N) is 5. The Balaban J connectivity index is 1.47.